The molecule has 3 nitrogen and oxygen atoms in total. The summed E-state index contributed by atoms with van der Waals surface area (Å²) < 4.78 is 0. The fourth-order valence-electron chi connectivity index (χ4n) is 0.867. The van der Waals surface area contributed by atoms with Crippen LogP contribution in [-0.2, 0) is 0 Å². The zero-order valence-electron chi connectivity index (χ0n) is 4.75. The van der Waals surface area contributed by atoms with Crippen molar-refractivity contribution in [2.75, 3.05) is 19.7 Å². The summed E-state index contributed by atoms with van der Waals surface area (Å²) in [5.74, 6) is 0.231. The highest BCUT2D eigenvalue weighted by atomic mass is 16.3. The lowest BCUT2D eigenvalue weighted by Crippen LogP contribution is -2.30. The van der Waals surface area contributed by atoms with Gasteiger partial charge in [-0.05, 0) is 0 Å². The van der Waals surface area contributed by atoms with Crippen molar-refractivity contribution in [2.45, 2.75) is 6.04 Å². The highest BCUT2D eigenvalue weighted by molar-refractivity contribution is 4.82. The van der Waals surface area contributed by atoms with Crippen LogP contribution in [-0.4, -0.2) is 30.8 Å². The number of rotatable bonds is 1. The second kappa shape index (κ2) is 2.44. The molecular formula is C5H11N2O. The van der Waals surface area contributed by atoms with E-state index in [1.54, 1.807) is 0 Å². The van der Waals surface area contributed by atoms with Crippen LogP contribution in [0.4, 0.5) is 0 Å². The van der Waals surface area contributed by atoms with Crippen LogP contribution in [0.25, 0.3) is 0 Å². The van der Waals surface area contributed by atoms with Crippen LogP contribution < -0.4 is 11.1 Å². The van der Waals surface area contributed by atoms with E-state index in [0.29, 0.717) is 0 Å². The van der Waals surface area contributed by atoms with Crippen LogP contribution in [0.1, 0.15) is 0 Å². The quantitative estimate of drug-likeness (QED) is 0.439. The first-order valence-corrected chi connectivity index (χ1v) is 2.84. The van der Waals surface area contributed by atoms with Gasteiger partial charge in [0, 0.05) is 31.7 Å². The van der Waals surface area contributed by atoms with Gasteiger partial charge in [-0.1, -0.05) is 0 Å². The number of aliphatic hydroxyl groups excluding tert-OH is 1. The molecule has 1 saturated heterocycles. The lowest BCUT2D eigenvalue weighted by Gasteiger charge is -2.07. The Hall–Kier alpha value is -0.120. The van der Waals surface area contributed by atoms with Gasteiger partial charge in [0.15, 0.2) is 0 Å². The predicted octanol–water partition coefficient (Wildman–Crippen LogP) is -1.46. The molecule has 8 heavy (non-hydrogen) atoms. The molecule has 1 fully saturated rings. The van der Waals surface area contributed by atoms with Crippen molar-refractivity contribution in [3.63, 3.8) is 0 Å². The molecule has 1 aliphatic heterocycles. The lowest BCUT2D eigenvalue weighted by molar-refractivity contribution is 0.227. The number of nitrogens with zero attached hydrogens (tertiary/aromatic N) is 1. The fraction of sp³-hybridized carbons (Fsp3) is 1.00. The molecule has 1 radical (unpaired) electrons. The van der Waals surface area contributed by atoms with Gasteiger partial charge in [-0.2, -0.15) is 0 Å². The van der Waals surface area contributed by atoms with Crippen LogP contribution in [0, 0.1) is 5.92 Å². The Morgan fingerprint density at radius 1 is 1.62 bits per heavy atom. The molecule has 1 rings (SSSR count). The minimum atomic E-state index is 0.111. The van der Waals surface area contributed by atoms with Gasteiger partial charge in [-0.25, -0.2) is 5.32 Å². The SMILES string of the molecule is NC1C[N]CC1CO. The molecular weight excluding hydrogens is 104 g/mol. The van der Waals surface area contributed by atoms with Crippen LogP contribution >= 0.6 is 0 Å². The third-order valence-electron chi connectivity index (χ3n) is 1.54. The maximum atomic E-state index is 8.60. The maximum Gasteiger partial charge on any atom is 0.0487 e. The molecule has 0 aliphatic carbocycles. The summed E-state index contributed by atoms with van der Waals surface area (Å²) in [6.45, 7) is 1.66. The van der Waals surface area contributed by atoms with E-state index < -0.39 is 0 Å². The highest BCUT2D eigenvalue weighted by Crippen LogP contribution is 2.05. The Labute approximate surface area is 48.9 Å². The van der Waals surface area contributed by atoms with Gasteiger partial charge in [-0.3, -0.25) is 0 Å². The van der Waals surface area contributed by atoms with Crippen molar-refractivity contribution in [3.8, 4) is 0 Å². The van der Waals surface area contributed by atoms with Crippen molar-refractivity contribution in [1.82, 2.24) is 5.32 Å². The van der Waals surface area contributed by atoms with Crippen LogP contribution in [0.15, 0.2) is 0 Å². The van der Waals surface area contributed by atoms with E-state index in [2.05, 4.69) is 5.32 Å². The molecule has 2 unspecified atom stereocenters. The monoisotopic (exact) mass is 115 g/mol. The molecule has 0 amide bonds. The largest absolute Gasteiger partial charge is 0.396 e. The average molecular weight is 115 g/mol. The van der Waals surface area contributed by atoms with Crippen molar-refractivity contribution in [3.05, 3.63) is 0 Å². The first-order chi connectivity index (χ1) is 3.84. The standard InChI is InChI=1S/C5H11N2O/c6-5-2-7-1-4(5)3-8/h4-5,8H,1-3,6H2. The van der Waals surface area contributed by atoms with Crippen LogP contribution in [0.2, 0.25) is 0 Å². The van der Waals surface area contributed by atoms with Crippen molar-refractivity contribution >= 4 is 0 Å². The highest BCUT2D eigenvalue weighted by Gasteiger charge is 2.22. The van der Waals surface area contributed by atoms with Crippen molar-refractivity contribution in [2.24, 2.45) is 11.7 Å². The Bertz CT molecular complexity index is 76.8. The molecule has 1 heterocycles. The van der Waals surface area contributed by atoms with Crippen molar-refractivity contribution < 1.29 is 5.11 Å². The Kier molecular flexibility index (Phi) is 1.83. The molecule has 0 bridgehead atoms. The van der Waals surface area contributed by atoms with Gasteiger partial charge >= 0.3 is 0 Å². The van der Waals surface area contributed by atoms with E-state index >= 15 is 0 Å². The molecule has 0 saturated carbocycles. The van der Waals surface area contributed by atoms with Gasteiger partial charge in [0.2, 0.25) is 0 Å². The molecule has 2 atom stereocenters. The third kappa shape index (κ3) is 0.992. The maximum absolute atomic E-state index is 8.60. The van der Waals surface area contributed by atoms with E-state index in [1.165, 1.54) is 0 Å². The predicted molar refractivity (Wildman–Crippen MR) is 30.4 cm³/mol. The number of hydrogen-bond donors (Lipinski definition) is 2. The summed E-state index contributed by atoms with van der Waals surface area (Å²) in [5.41, 5.74) is 5.54. The number of aliphatic hydroxyl groups is 1. The molecule has 47 valence electrons. The molecule has 0 aromatic heterocycles. The van der Waals surface area contributed by atoms with Gasteiger partial charge < -0.3 is 10.8 Å². The molecule has 3 heteroatoms. The van der Waals surface area contributed by atoms with Gasteiger partial charge in [0.05, 0.1) is 0 Å². The van der Waals surface area contributed by atoms with Gasteiger partial charge in [0.25, 0.3) is 0 Å². The zero-order valence-corrected chi connectivity index (χ0v) is 4.75. The number of nitrogens with two attached hydrogens (primary N) is 1. The topological polar surface area (TPSA) is 60.4 Å². The lowest BCUT2D eigenvalue weighted by atomic mass is 10.1. The Morgan fingerprint density at radius 2 is 2.38 bits per heavy atom. The van der Waals surface area contributed by atoms with Crippen LogP contribution in [0.3, 0.4) is 0 Å². The molecule has 0 aromatic rings. The van der Waals surface area contributed by atoms with E-state index in [1.807, 2.05) is 0 Å². The van der Waals surface area contributed by atoms with Gasteiger partial charge in [0.1, 0.15) is 0 Å². The van der Waals surface area contributed by atoms with Crippen molar-refractivity contribution in [1.29, 1.82) is 0 Å². The summed E-state index contributed by atoms with van der Waals surface area (Å²) in [6.07, 6.45) is 0. The van der Waals surface area contributed by atoms with E-state index in [0.717, 1.165) is 13.1 Å². The Balaban J connectivity index is 2.30. The normalized spacial score (nSPS) is 38.2. The minimum Gasteiger partial charge on any atom is -0.396 e. The summed E-state index contributed by atoms with van der Waals surface area (Å²) in [6, 6.07) is 0.111. The zero-order chi connectivity index (χ0) is 5.98. The summed E-state index contributed by atoms with van der Waals surface area (Å²) in [7, 11) is 0. The smallest absolute Gasteiger partial charge is 0.0487 e. The number of hydrogen-bond acceptors (Lipinski definition) is 2. The van der Waals surface area contributed by atoms with Gasteiger partial charge in [-0.15, -0.1) is 0 Å². The van der Waals surface area contributed by atoms with Crippen LogP contribution in [0.5, 0.6) is 0 Å². The Morgan fingerprint density at radius 3 is 2.62 bits per heavy atom. The van der Waals surface area contributed by atoms with E-state index in [-0.39, 0.29) is 18.6 Å². The van der Waals surface area contributed by atoms with E-state index in [4.69, 9.17) is 10.8 Å². The molecule has 3 N–H and O–H groups in total. The fourth-order valence-corrected chi connectivity index (χ4v) is 0.867. The van der Waals surface area contributed by atoms with E-state index in [9.17, 15) is 0 Å². The molecule has 0 spiro atoms. The second-order valence-corrected chi connectivity index (χ2v) is 2.20. The summed E-state index contributed by atoms with van der Waals surface area (Å²) in [5, 5.41) is 12.6. The summed E-state index contributed by atoms with van der Waals surface area (Å²) in [4.78, 5) is 0. The second-order valence-electron chi connectivity index (χ2n) is 2.20. The minimum absolute atomic E-state index is 0.111. The first-order valence-electron chi connectivity index (χ1n) is 2.84. The molecule has 0 aromatic carbocycles. The first kappa shape index (κ1) is 6.01. The molecule has 1 aliphatic rings. The average Bonchev–Trinajstić information content (AvgIpc) is 2.14. The third-order valence-corrected chi connectivity index (χ3v) is 1.54. The summed E-state index contributed by atoms with van der Waals surface area (Å²) >= 11 is 0.